The zero-order valence-electron chi connectivity index (χ0n) is 13.1. The predicted octanol–water partition coefficient (Wildman–Crippen LogP) is 2.86. The number of fused-ring (bicyclic) bond motifs is 2. The fourth-order valence-corrected chi connectivity index (χ4v) is 4.81. The number of hydrogen-bond donors (Lipinski definition) is 0. The Morgan fingerprint density at radius 3 is 2.80 bits per heavy atom. The van der Waals surface area contributed by atoms with Gasteiger partial charge < -0.3 is 9.64 Å². The van der Waals surface area contributed by atoms with Gasteiger partial charge in [-0.05, 0) is 37.0 Å². The molecule has 112 valence electrons. The minimum Gasteiger partial charge on any atom is -0.384 e. The highest BCUT2D eigenvalue weighted by molar-refractivity contribution is 5.88. The molecule has 3 heteroatoms. The normalized spacial score (nSPS) is 38.8. The molecular weight excluding hydrogens is 250 g/mol. The third-order valence-electron chi connectivity index (χ3n) is 6.28. The predicted molar refractivity (Wildman–Crippen MR) is 79.3 cm³/mol. The van der Waals surface area contributed by atoms with Crippen LogP contribution in [-0.4, -0.2) is 37.6 Å². The zero-order valence-corrected chi connectivity index (χ0v) is 13.1. The number of likely N-dealkylation sites (tertiary alicyclic amines) is 1. The van der Waals surface area contributed by atoms with Gasteiger partial charge in [0.05, 0.1) is 12.0 Å². The third kappa shape index (κ3) is 1.78. The maximum Gasteiger partial charge on any atom is 0.232 e. The number of amides is 1. The Kier molecular flexibility index (Phi) is 3.24. The lowest BCUT2D eigenvalue weighted by Crippen LogP contribution is -2.43. The van der Waals surface area contributed by atoms with Crippen molar-refractivity contribution in [1.82, 2.24) is 4.90 Å². The molecular formula is C17H27NO2. The number of methoxy groups -OCH3 is 1. The topological polar surface area (TPSA) is 29.5 Å². The van der Waals surface area contributed by atoms with Crippen molar-refractivity contribution in [2.75, 3.05) is 26.8 Å². The van der Waals surface area contributed by atoms with E-state index < -0.39 is 0 Å². The number of nitrogens with zero attached hydrogens (tertiary/aromatic N) is 1. The molecule has 2 bridgehead atoms. The summed E-state index contributed by atoms with van der Waals surface area (Å²) in [5.41, 5.74) is 1.09. The first-order chi connectivity index (χ1) is 9.41. The highest BCUT2D eigenvalue weighted by Crippen LogP contribution is 2.66. The van der Waals surface area contributed by atoms with Crippen molar-refractivity contribution < 1.29 is 9.53 Å². The molecule has 3 rings (SSSR count). The summed E-state index contributed by atoms with van der Waals surface area (Å²) in [7, 11) is 1.74. The molecule has 0 aromatic rings. The number of rotatable bonds is 3. The summed E-state index contributed by atoms with van der Waals surface area (Å²) in [5.74, 6) is 1.52. The smallest absolute Gasteiger partial charge is 0.232 e. The lowest BCUT2D eigenvalue weighted by molar-refractivity contribution is -0.138. The lowest BCUT2D eigenvalue weighted by atomic mass is 9.68. The van der Waals surface area contributed by atoms with Gasteiger partial charge in [0.25, 0.3) is 0 Å². The number of hydrogen-bond acceptors (Lipinski definition) is 2. The van der Waals surface area contributed by atoms with Crippen molar-refractivity contribution in [3.8, 4) is 0 Å². The number of carbonyl (C=O) groups excluding carboxylic acids is 1. The molecule has 0 radical (unpaired) electrons. The molecule has 3 atom stereocenters. The first-order valence-electron chi connectivity index (χ1n) is 7.90. The molecule has 0 aromatic heterocycles. The third-order valence-corrected chi connectivity index (χ3v) is 6.28. The minimum atomic E-state index is -0.240. The first-order valence-corrected chi connectivity index (χ1v) is 7.90. The summed E-state index contributed by atoms with van der Waals surface area (Å²) >= 11 is 0. The summed E-state index contributed by atoms with van der Waals surface area (Å²) < 4.78 is 5.24. The standard InChI is InChI=1S/C17H27NO2/c1-12-16(2,3)14-5-7-17(12,9-14)15(19)18-8-6-13(10-18)11-20-4/h13-14H,1,5-11H2,2-4H3/t13-,14-,17+/m1/s1. The van der Waals surface area contributed by atoms with E-state index in [1.54, 1.807) is 7.11 Å². The molecule has 2 saturated carbocycles. The van der Waals surface area contributed by atoms with Crippen LogP contribution in [0.4, 0.5) is 0 Å². The van der Waals surface area contributed by atoms with Crippen LogP contribution in [0.5, 0.6) is 0 Å². The van der Waals surface area contributed by atoms with E-state index in [1.165, 1.54) is 12.0 Å². The fraction of sp³-hybridized carbons (Fsp3) is 0.824. The Bertz CT molecular complexity index is 442. The number of carbonyl (C=O) groups is 1. The highest BCUT2D eigenvalue weighted by atomic mass is 16.5. The van der Waals surface area contributed by atoms with E-state index in [1.807, 2.05) is 0 Å². The van der Waals surface area contributed by atoms with Gasteiger partial charge in [-0.25, -0.2) is 0 Å². The minimum absolute atomic E-state index is 0.138. The second-order valence-corrected chi connectivity index (χ2v) is 7.58. The Morgan fingerprint density at radius 2 is 2.20 bits per heavy atom. The molecule has 3 aliphatic rings. The van der Waals surface area contributed by atoms with Gasteiger partial charge in [0, 0.05) is 26.1 Å². The van der Waals surface area contributed by atoms with Gasteiger partial charge in [-0.1, -0.05) is 26.0 Å². The Balaban J connectivity index is 1.77. The summed E-state index contributed by atoms with van der Waals surface area (Å²) in [6.45, 7) is 11.4. The zero-order chi connectivity index (χ0) is 14.5. The van der Waals surface area contributed by atoms with Crippen LogP contribution in [0.15, 0.2) is 12.2 Å². The van der Waals surface area contributed by atoms with Crippen molar-refractivity contribution in [3.63, 3.8) is 0 Å². The van der Waals surface area contributed by atoms with Crippen molar-refractivity contribution in [2.24, 2.45) is 22.7 Å². The molecule has 1 heterocycles. The van der Waals surface area contributed by atoms with Crippen molar-refractivity contribution >= 4 is 5.91 Å². The molecule has 0 aromatic carbocycles. The van der Waals surface area contributed by atoms with E-state index in [0.29, 0.717) is 17.7 Å². The van der Waals surface area contributed by atoms with E-state index in [-0.39, 0.29) is 10.8 Å². The summed E-state index contributed by atoms with van der Waals surface area (Å²) in [4.78, 5) is 15.2. The molecule has 0 unspecified atom stereocenters. The van der Waals surface area contributed by atoms with E-state index in [2.05, 4.69) is 25.3 Å². The summed E-state index contributed by atoms with van der Waals surface area (Å²) in [6.07, 6.45) is 4.31. The molecule has 2 aliphatic carbocycles. The molecule has 1 aliphatic heterocycles. The van der Waals surface area contributed by atoms with Crippen LogP contribution in [0.3, 0.4) is 0 Å². The van der Waals surface area contributed by atoms with Gasteiger partial charge in [-0.15, -0.1) is 0 Å². The van der Waals surface area contributed by atoms with Gasteiger partial charge in [0.2, 0.25) is 5.91 Å². The van der Waals surface area contributed by atoms with Crippen LogP contribution in [0.2, 0.25) is 0 Å². The van der Waals surface area contributed by atoms with Gasteiger partial charge in [0.1, 0.15) is 0 Å². The van der Waals surface area contributed by atoms with Crippen LogP contribution in [0, 0.1) is 22.7 Å². The maximum absolute atomic E-state index is 13.1. The van der Waals surface area contributed by atoms with E-state index in [4.69, 9.17) is 4.74 Å². The molecule has 3 fully saturated rings. The Morgan fingerprint density at radius 1 is 1.45 bits per heavy atom. The van der Waals surface area contributed by atoms with E-state index in [9.17, 15) is 4.79 Å². The average Bonchev–Trinajstić information content (AvgIpc) is 3.07. The average molecular weight is 277 g/mol. The van der Waals surface area contributed by atoms with Crippen molar-refractivity contribution in [2.45, 2.75) is 39.5 Å². The monoisotopic (exact) mass is 277 g/mol. The Labute approximate surface area is 122 Å². The molecule has 1 amide bonds. The number of ether oxygens (including phenoxy) is 1. The van der Waals surface area contributed by atoms with Crippen LogP contribution in [-0.2, 0) is 9.53 Å². The van der Waals surface area contributed by atoms with Gasteiger partial charge in [-0.2, -0.15) is 0 Å². The maximum atomic E-state index is 13.1. The van der Waals surface area contributed by atoms with Gasteiger partial charge >= 0.3 is 0 Å². The fourth-order valence-electron chi connectivity index (χ4n) is 4.81. The molecule has 0 spiro atoms. The van der Waals surface area contributed by atoms with Crippen LogP contribution in [0.1, 0.15) is 39.5 Å². The van der Waals surface area contributed by atoms with Crippen LogP contribution in [0.25, 0.3) is 0 Å². The van der Waals surface area contributed by atoms with E-state index in [0.717, 1.165) is 39.0 Å². The first kappa shape index (κ1) is 14.1. The van der Waals surface area contributed by atoms with Crippen molar-refractivity contribution in [1.29, 1.82) is 0 Å². The van der Waals surface area contributed by atoms with Crippen LogP contribution >= 0.6 is 0 Å². The second kappa shape index (κ2) is 4.59. The lowest BCUT2D eigenvalue weighted by Gasteiger charge is -2.39. The SMILES string of the molecule is C=C1C(C)(C)[C@@H]2CC[C@]1(C(=O)N1CC[C@@H](COC)C1)C2. The molecule has 0 N–H and O–H groups in total. The van der Waals surface area contributed by atoms with Crippen molar-refractivity contribution in [3.05, 3.63) is 12.2 Å². The molecule has 3 nitrogen and oxygen atoms in total. The van der Waals surface area contributed by atoms with Crippen LogP contribution < -0.4 is 0 Å². The Hall–Kier alpha value is -0.830. The van der Waals surface area contributed by atoms with Gasteiger partial charge in [0.15, 0.2) is 0 Å². The second-order valence-electron chi connectivity index (χ2n) is 7.58. The summed E-state index contributed by atoms with van der Waals surface area (Å²) in [5, 5.41) is 0. The van der Waals surface area contributed by atoms with Gasteiger partial charge in [-0.3, -0.25) is 4.79 Å². The largest absolute Gasteiger partial charge is 0.384 e. The molecule has 1 saturated heterocycles. The summed E-state index contributed by atoms with van der Waals surface area (Å²) in [6, 6.07) is 0. The quantitative estimate of drug-likeness (QED) is 0.742. The molecule has 20 heavy (non-hydrogen) atoms. The van der Waals surface area contributed by atoms with E-state index >= 15 is 0 Å². The highest BCUT2D eigenvalue weighted by Gasteiger charge is 2.61.